The summed E-state index contributed by atoms with van der Waals surface area (Å²) in [6, 6.07) is 5.50. The minimum atomic E-state index is -0.435. The Balaban J connectivity index is 1.89. The van der Waals surface area contributed by atoms with Gasteiger partial charge < -0.3 is 5.32 Å². The van der Waals surface area contributed by atoms with Crippen molar-refractivity contribution in [2.45, 2.75) is 18.6 Å². The largest absolute Gasteiger partial charge is 0.322 e. The van der Waals surface area contributed by atoms with E-state index < -0.39 is 5.91 Å². The summed E-state index contributed by atoms with van der Waals surface area (Å²) >= 11 is 4.94. The molecule has 2 aromatic rings. The predicted molar refractivity (Wildman–Crippen MR) is 86.1 cm³/mol. The number of aromatic nitrogens is 2. The van der Waals surface area contributed by atoms with Gasteiger partial charge in [0.25, 0.3) is 11.5 Å². The monoisotopic (exact) mass is 365 g/mol. The van der Waals surface area contributed by atoms with Gasteiger partial charge in [0.2, 0.25) is 0 Å². The molecule has 1 N–H and O–H groups in total. The Morgan fingerprint density at radius 3 is 3.05 bits per heavy atom. The number of carbonyl (C=O) groups excluding carboxylic acids is 1. The topological polar surface area (TPSA) is 64.0 Å². The number of carbonyl (C=O) groups is 1. The van der Waals surface area contributed by atoms with E-state index in [0.717, 1.165) is 15.8 Å². The standard InChI is InChI=1S/C14H12BrN3O2S/c1-8-2-3-9(6-11(8)15)17-12(19)10-7-16-14-18(13(10)20)4-5-21-14/h2-3,6-7H,4-5H2,1H3,(H,17,19). The normalized spacial score (nSPS) is 13.0. The van der Waals surface area contributed by atoms with Crippen molar-refractivity contribution in [1.29, 1.82) is 0 Å². The Bertz CT molecular complexity index is 788. The van der Waals surface area contributed by atoms with Crippen LogP contribution in [0.5, 0.6) is 0 Å². The SMILES string of the molecule is Cc1ccc(NC(=O)c2cnc3n(c2=O)CCS3)cc1Br. The molecule has 1 aliphatic heterocycles. The predicted octanol–water partition coefficient (Wildman–Crippen LogP) is 2.67. The zero-order chi connectivity index (χ0) is 15.0. The molecule has 0 saturated heterocycles. The summed E-state index contributed by atoms with van der Waals surface area (Å²) < 4.78 is 2.45. The molecule has 0 unspecified atom stereocenters. The summed E-state index contributed by atoms with van der Waals surface area (Å²) in [6.45, 7) is 2.56. The minimum Gasteiger partial charge on any atom is -0.322 e. The van der Waals surface area contributed by atoms with E-state index in [9.17, 15) is 9.59 Å². The molecule has 5 nitrogen and oxygen atoms in total. The first-order valence-corrected chi connectivity index (χ1v) is 8.14. The first-order chi connectivity index (χ1) is 10.1. The van der Waals surface area contributed by atoms with Gasteiger partial charge in [0.1, 0.15) is 5.56 Å². The van der Waals surface area contributed by atoms with Crippen molar-refractivity contribution >= 4 is 39.3 Å². The lowest BCUT2D eigenvalue weighted by Crippen LogP contribution is -2.29. The quantitative estimate of drug-likeness (QED) is 0.831. The van der Waals surface area contributed by atoms with Crippen LogP contribution in [0.4, 0.5) is 5.69 Å². The molecule has 21 heavy (non-hydrogen) atoms. The number of amides is 1. The van der Waals surface area contributed by atoms with Crippen LogP contribution in [0.15, 0.2) is 38.8 Å². The van der Waals surface area contributed by atoms with Gasteiger partial charge >= 0.3 is 0 Å². The van der Waals surface area contributed by atoms with E-state index in [1.54, 1.807) is 10.6 Å². The number of anilines is 1. The number of nitrogens with zero attached hydrogens (tertiary/aromatic N) is 2. The van der Waals surface area contributed by atoms with Crippen molar-refractivity contribution in [3.05, 3.63) is 50.3 Å². The van der Waals surface area contributed by atoms with Crippen molar-refractivity contribution in [2.75, 3.05) is 11.1 Å². The number of hydrogen-bond acceptors (Lipinski definition) is 4. The lowest BCUT2D eigenvalue weighted by molar-refractivity contribution is 0.102. The number of fused-ring (bicyclic) bond motifs is 1. The van der Waals surface area contributed by atoms with Crippen molar-refractivity contribution in [1.82, 2.24) is 9.55 Å². The zero-order valence-corrected chi connectivity index (χ0v) is 13.6. The zero-order valence-electron chi connectivity index (χ0n) is 11.2. The number of thioether (sulfide) groups is 1. The molecule has 108 valence electrons. The number of nitrogens with one attached hydrogen (secondary N) is 1. The molecule has 1 aromatic carbocycles. The van der Waals surface area contributed by atoms with E-state index in [0.29, 0.717) is 17.4 Å². The van der Waals surface area contributed by atoms with E-state index in [4.69, 9.17) is 0 Å². The molecular weight excluding hydrogens is 354 g/mol. The maximum atomic E-state index is 12.3. The van der Waals surface area contributed by atoms with Gasteiger partial charge in [-0.15, -0.1) is 0 Å². The summed E-state index contributed by atoms with van der Waals surface area (Å²) in [5, 5.41) is 3.40. The number of rotatable bonds is 2. The van der Waals surface area contributed by atoms with Gasteiger partial charge in [0.15, 0.2) is 5.16 Å². The van der Waals surface area contributed by atoms with E-state index in [1.165, 1.54) is 18.0 Å². The molecule has 7 heteroatoms. The van der Waals surface area contributed by atoms with Crippen molar-refractivity contribution in [2.24, 2.45) is 0 Å². The van der Waals surface area contributed by atoms with E-state index in [2.05, 4.69) is 26.2 Å². The van der Waals surface area contributed by atoms with Crippen LogP contribution in [0, 0.1) is 6.92 Å². The van der Waals surface area contributed by atoms with Crippen LogP contribution in [0.3, 0.4) is 0 Å². The average molecular weight is 366 g/mol. The highest BCUT2D eigenvalue weighted by atomic mass is 79.9. The van der Waals surface area contributed by atoms with Gasteiger partial charge in [-0.1, -0.05) is 33.8 Å². The van der Waals surface area contributed by atoms with Gasteiger partial charge in [-0.3, -0.25) is 14.2 Å². The third kappa shape index (κ3) is 2.75. The second-order valence-corrected chi connectivity index (χ2v) is 6.59. The summed E-state index contributed by atoms with van der Waals surface area (Å²) in [7, 11) is 0. The molecule has 2 heterocycles. The van der Waals surface area contributed by atoms with E-state index in [1.807, 2.05) is 19.1 Å². The highest BCUT2D eigenvalue weighted by Gasteiger charge is 2.20. The molecule has 0 atom stereocenters. The second-order valence-electron chi connectivity index (χ2n) is 4.68. The van der Waals surface area contributed by atoms with Gasteiger partial charge in [0, 0.05) is 28.7 Å². The van der Waals surface area contributed by atoms with E-state index in [-0.39, 0.29) is 11.1 Å². The lowest BCUT2D eigenvalue weighted by atomic mass is 10.2. The maximum absolute atomic E-state index is 12.3. The van der Waals surface area contributed by atoms with Crippen molar-refractivity contribution < 1.29 is 4.79 Å². The molecule has 0 saturated carbocycles. The van der Waals surface area contributed by atoms with Gasteiger partial charge in [-0.25, -0.2) is 4.98 Å². The smallest absolute Gasteiger partial charge is 0.267 e. The molecular formula is C14H12BrN3O2S. The summed E-state index contributed by atoms with van der Waals surface area (Å²) in [6.07, 6.45) is 1.35. The first-order valence-electron chi connectivity index (χ1n) is 6.36. The van der Waals surface area contributed by atoms with Gasteiger partial charge in [0.05, 0.1) is 0 Å². The number of halogens is 1. The number of benzene rings is 1. The molecule has 0 fully saturated rings. The molecule has 1 aromatic heterocycles. The van der Waals surface area contributed by atoms with Crippen LogP contribution in [-0.4, -0.2) is 21.2 Å². The molecule has 1 aliphatic rings. The number of aryl methyl sites for hydroxylation is 1. The van der Waals surface area contributed by atoms with Gasteiger partial charge in [-0.05, 0) is 24.6 Å². The average Bonchev–Trinajstić information content (AvgIpc) is 2.92. The molecule has 0 aliphatic carbocycles. The fraction of sp³-hybridized carbons (Fsp3) is 0.214. The van der Waals surface area contributed by atoms with Crippen LogP contribution in [0.25, 0.3) is 0 Å². The Morgan fingerprint density at radius 1 is 1.48 bits per heavy atom. The molecule has 1 amide bonds. The molecule has 3 rings (SSSR count). The Hall–Kier alpha value is -1.60. The Kier molecular flexibility index (Phi) is 3.86. The van der Waals surface area contributed by atoms with Crippen molar-refractivity contribution in [3.63, 3.8) is 0 Å². The summed E-state index contributed by atoms with van der Waals surface area (Å²) in [4.78, 5) is 28.7. The lowest BCUT2D eigenvalue weighted by Gasteiger charge is -2.08. The number of hydrogen-bond donors (Lipinski definition) is 1. The van der Waals surface area contributed by atoms with Gasteiger partial charge in [-0.2, -0.15) is 0 Å². The third-order valence-corrected chi connectivity index (χ3v) is 5.06. The molecule has 0 bridgehead atoms. The van der Waals surface area contributed by atoms with Crippen LogP contribution < -0.4 is 10.9 Å². The second kappa shape index (κ2) is 5.65. The van der Waals surface area contributed by atoms with Crippen molar-refractivity contribution in [3.8, 4) is 0 Å². The Morgan fingerprint density at radius 2 is 2.29 bits per heavy atom. The maximum Gasteiger partial charge on any atom is 0.267 e. The highest BCUT2D eigenvalue weighted by molar-refractivity contribution is 9.10. The van der Waals surface area contributed by atoms with E-state index >= 15 is 0 Å². The third-order valence-electron chi connectivity index (χ3n) is 3.23. The highest BCUT2D eigenvalue weighted by Crippen LogP contribution is 2.22. The fourth-order valence-corrected chi connectivity index (χ4v) is 3.33. The summed E-state index contributed by atoms with van der Waals surface area (Å²) in [5.74, 6) is 0.383. The molecule has 0 spiro atoms. The van der Waals surface area contributed by atoms with Crippen LogP contribution in [0.2, 0.25) is 0 Å². The van der Waals surface area contributed by atoms with Crippen LogP contribution in [-0.2, 0) is 6.54 Å². The fourth-order valence-electron chi connectivity index (χ4n) is 2.04. The first kappa shape index (κ1) is 14.3. The minimum absolute atomic E-state index is 0.0675. The van der Waals surface area contributed by atoms with Crippen LogP contribution >= 0.6 is 27.7 Å². The summed E-state index contributed by atoms with van der Waals surface area (Å²) in [5.41, 5.74) is 1.49. The van der Waals surface area contributed by atoms with Crippen LogP contribution in [0.1, 0.15) is 15.9 Å². The Labute approximate surface area is 133 Å². The molecule has 0 radical (unpaired) electrons.